The van der Waals surface area contributed by atoms with Gasteiger partial charge in [-0.15, -0.1) is 0 Å². The van der Waals surface area contributed by atoms with Gasteiger partial charge in [-0.3, -0.25) is 9.51 Å². The molecule has 0 aromatic carbocycles. The molecular formula is C16H13N5O2. The van der Waals surface area contributed by atoms with Crippen LogP contribution in [-0.2, 0) is 6.54 Å². The van der Waals surface area contributed by atoms with Gasteiger partial charge >= 0.3 is 5.76 Å². The fourth-order valence-electron chi connectivity index (χ4n) is 2.53. The Labute approximate surface area is 130 Å². The van der Waals surface area contributed by atoms with Crippen LogP contribution in [-0.4, -0.2) is 24.1 Å². The molecule has 4 aromatic heterocycles. The molecule has 23 heavy (non-hydrogen) atoms. The molecule has 0 aliphatic carbocycles. The Bertz CT molecular complexity index is 1030. The first-order chi connectivity index (χ1) is 11.2. The summed E-state index contributed by atoms with van der Waals surface area (Å²) in [5.74, 6) is -0.135. The SMILES string of the molecule is Cc1cccn2cc(Cn3c(-c4ccccn4)noc3=O)nc12. The molecule has 0 amide bonds. The fraction of sp³-hybridized carbons (Fsp3) is 0.125. The number of rotatable bonds is 3. The van der Waals surface area contributed by atoms with E-state index in [1.165, 1.54) is 4.57 Å². The van der Waals surface area contributed by atoms with Crippen LogP contribution in [0, 0.1) is 6.92 Å². The second-order valence-electron chi connectivity index (χ2n) is 5.23. The van der Waals surface area contributed by atoms with Crippen LogP contribution >= 0.6 is 0 Å². The van der Waals surface area contributed by atoms with Crippen molar-refractivity contribution in [3.63, 3.8) is 0 Å². The summed E-state index contributed by atoms with van der Waals surface area (Å²) >= 11 is 0. The highest BCUT2D eigenvalue weighted by Crippen LogP contribution is 2.15. The van der Waals surface area contributed by atoms with E-state index in [4.69, 9.17) is 4.52 Å². The van der Waals surface area contributed by atoms with Gasteiger partial charge in [-0.05, 0) is 30.7 Å². The van der Waals surface area contributed by atoms with E-state index in [0.29, 0.717) is 11.5 Å². The molecule has 7 heteroatoms. The molecule has 0 saturated heterocycles. The van der Waals surface area contributed by atoms with Gasteiger partial charge in [0.05, 0.1) is 12.2 Å². The van der Waals surface area contributed by atoms with Crippen molar-refractivity contribution >= 4 is 5.65 Å². The molecule has 7 nitrogen and oxygen atoms in total. The number of pyridine rings is 2. The summed E-state index contributed by atoms with van der Waals surface area (Å²) in [6.07, 6.45) is 5.46. The van der Waals surface area contributed by atoms with Crippen LogP contribution in [0.25, 0.3) is 17.2 Å². The van der Waals surface area contributed by atoms with E-state index in [2.05, 4.69) is 15.1 Å². The molecule has 0 fully saturated rings. The largest absolute Gasteiger partial charge is 0.442 e. The van der Waals surface area contributed by atoms with Gasteiger partial charge in [-0.25, -0.2) is 14.3 Å². The Balaban J connectivity index is 1.78. The van der Waals surface area contributed by atoms with Crippen molar-refractivity contribution < 1.29 is 4.52 Å². The molecular weight excluding hydrogens is 294 g/mol. The van der Waals surface area contributed by atoms with Gasteiger partial charge in [0.2, 0.25) is 5.82 Å². The van der Waals surface area contributed by atoms with Crippen LogP contribution in [0.15, 0.2) is 58.2 Å². The van der Waals surface area contributed by atoms with E-state index in [1.807, 2.05) is 41.9 Å². The highest BCUT2D eigenvalue weighted by Gasteiger charge is 2.15. The number of hydrogen-bond donors (Lipinski definition) is 0. The summed E-state index contributed by atoms with van der Waals surface area (Å²) in [6, 6.07) is 9.37. The zero-order valence-electron chi connectivity index (χ0n) is 12.4. The Kier molecular flexibility index (Phi) is 3.04. The lowest BCUT2D eigenvalue weighted by Crippen LogP contribution is -2.16. The molecule has 0 N–H and O–H groups in total. The first kappa shape index (κ1) is 13.4. The number of imidazole rings is 1. The Morgan fingerprint density at radius 2 is 2.13 bits per heavy atom. The van der Waals surface area contributed by atoms with Crippen molar-refractivity contribution in [3.05, 3.63) is 70.7 Å². The predicted molar refractivity (Wildman–Crippen MR) is 83.0 cm³/mol. The standard InChI is InChI=1S/C16H13N5O2/c1-11-5-4-8-20-9-12(18-14(11)20)10-21-15(19-23-16(21)22)13-6-2-3-7-17-13/h2-9H,10H2,1H3. The van der Waals surface area contributed by atoms with Gasteiger partial charge < -0.3 is 4.40 Å². The van der Waals surface area contributed by atoms with E-state index in [1.54, 1.807) is 18.3 Å². The molecule has 4 heterocycles. The Morgan fingerprint density at radius 3 is 2.91 bits per heavy atom. The summed E-state index contributed by atoms with van der Waals surface area (Å²) in [6.45, 7) is 2.27. The van der Waals surface area contributed by atoms with Crippen LogP contribution < -0.4 is 5.76 Å². The normalized spacial score (nSPS) is 11.2. The highest BCUT2D eigenvalue weighted by atomic mass is 16.5. The summed E-state index contributed by atoms with van der Waals surface area (Å²) < 4.78 is 8.17. The third-order valence-corrected chi connectivity index (χ3v) is 3.63. The van der Waals surface area contributed by atoms with Crippen LogP contribution in [0.2, 0.25) is 0 Å². The molecule has 4 rings (SSSR count). The molecule has 0 bridgehead atoms. The number of nitrogens with zero attached hydrogens (tertiary/aromatic N) is 5. The minimum absolute atomic E-state index is 0.273. The van der Waals surface area contributed by atoms with Crippen LogP contribution in [0.3, 0.4) is 0 Å². The third-order valence-electron chi connectivity index (χ3n) is 3.63. The van der Waals surface area contributed by atoms with Crippen molar-refractivity contribution in [2.75, 3.05) is 0 Å². The van der Waals surface area contributed by atoms with Crippen LogP contribution in [0.1, 0.15) is 11.3 Å². The Morgan fingerprint density at radius 1 is 1.22 bits per heavy atom. The maximum absolute atomic E-state index is 12.0. The molecule has 114 valence electrons. The lowest BCUT2D eigenvalue weighted by Gasteiger charge is -2.01. The first-order valence-electron chi connectivity index (χ1n) is 7.13. The van der Waals surface area contributed by atoms with Crippen molar-refractivity contribution in [1.29, 1.82) is 0 Å². The van der Waals surface area contributed by atoms with E-state index in [9.17, 15) is 4.79 Å². The maximum atomic E-state index is 12.0. The zero-order chi connectivity index (χ0) is 15.8. The minimum Gasteiger partial charge on any atom is -0.307 e. The quantitative estimate of drug-likeness (QED) is 0.577. The zero-order valence-corrected chi connectivity index (χ0v) is 12.4. The van der Waals surface area contributed by atoms with E-state index in [0.717, 1.165) is 16.9 Å². The van der Waals surface area contributed by atoms with E-state index >= 15 is 0 Å². The van der Waals surface area contributed by atoms with E-state index < -0.39 is 5.76 Å². The predicted octanol–water partition coefficient (Wildman–Crippen LogP) is 1.90. The van der Waals surface area contributed by atoms with Gasteiger partial charge in [0, 0.05) is 18.6 Å². The molecule has 0 spiro atoms. The fourth-order valence-corrected chi connectivity index (χ4v) is 2.53. The monoisotopic (exact) mass is 307 g/mol. The lowest BCUT2D eigenvalue weighted by atomic mass is 10.3. The molecule has 0 unspecified atom stereocenters. The summed E-state index contributed by atoms with van der Waals surface area (Å²) in [7, 11) is 0. The van der Waals surface area contributed by atoms with E-state index in [-0.39, 0.29) is 6.54 Å². The summed E-state index contributed by atoms with van der Waals surface area (Å²) in [5, 5.41) is 3.83. The van der Waals surface area contributed by atoms with Crippen molar-refractivity contribution in [1.82, 2.24) is 24.1 Å². The van der Waals surface area contributed by atoms with Gasteiger partial charge in [0.25, 0.3) is 0 Å². The highest BCUT2D eigenvalue weighted by molar-refractivity contribution is 5.49. The number of aromatic nitrogens is 5. The number of hydrogen-bond acceptors (Lipinski definition) is 5. The first-order valence-corrected chi connectivity index (χ1v) is 7.13. The molecule has 0 atom stereocenters. The number of fused-ring (bicyclic) bond motifs is 1. The second-order valence-corrected chi connectivity index (χ2v) is 5.23. The third kappa shape index (κ3) is 2.32. The summed E-state index contributed by atoms with van der Waals surface area (Å²) in [4.78, 5) is 20.8. The van der Waals surface area contributed by atoms with Gasteiger partial charge in [0.1, 0.15) is 11.3 Å². The molecule has 0 radical (unpaired) electrons. The molecule has 0 aliphatic rings. The average Bonchev–Trinajstić information content (AvgIpc) is 3.14. The maximum Gasteiger partial charge on any atom is 0.442 e. The van der Waals surface area contributed by atoms with Crippen molar-refractivity contribution in [3.8, 4) is 11.5 Å². The lowest BCUT2D eigenvalue weighted by molar-refractivity contribution is 0.378. The van der Waals surface area contributed by atoms with Crippen molar-refractivity contribution in [2.45, 2.75) is 13.5 Å². The van der Waals surface area contributed by atoms with Gasteiger partial charge in [0.15, 0.2) is 0 Å². The molecule has 0 saturated carbocycles. The average molecular weight is 307 g/mol. The van der Waals surface area contributed by atoms with Gasteiger partial charge in [-0.1, -0.05) is 17.3 Å². The summed E-state index contributed by atoms with van der Waals surface area (Å²) in [5.41, 5.74) is 3.27. The molecule has 0 aliphatic heterocycles. The van der Waals surface area contributed by atoms with Gasteiger partial charge in [-0.2, -0.15) is 0 Å². The van der Waals surface area contributed by atoms with Crippen LogP contribution in [0.5, 0.6) is 0 Å². The minimum atomic E-state index is -0.528. The number of aryl methyl sites for hydroxylation is 1. The molecule has 4 aromatic rings. The van der Waals surface area contributed by atoms with Crippen molar-refractivity contribution in [2.24, 2.45) is 0 Å². The van der Waals surface area contributed by atoms with Crippen LogP contribution in [0.4, 0.5) is 0 Å². The Hall–Kier alpha value is -3.22. The smallest absolute Gasteiger partial charge is 0.307 e. The second kappa shape index (κ2) is 5.20. The topological polar surface area (TPSA) is 78.2 Å².